The number of rotatable bonds is 4. The number of aromatic nitrogens is 2. The van der Waals surface area contributed by atoms with Gasteiger partial charge in [-0.2, -0.15) is 0 Å². The van der Waals surface area contributed by atoms with Gasteiger partial charge in [0, 0.05) is 22.3 Å². The number of hydrogen-bond acceptors (Lipinski definition) is 9. The highest BCUT2D eigenvalue weighted by molar-refractivity contribution is 7.49. The molecule has 2 aromatic rings. The van der Waals surface area contributed by atoms with E-state index in [1.54, 1.807) is 6.07 Å². The first-order chi connectivity index (χ1) is 15.1. The van der Waals surface area contributed by atoms with Gasteiger partial charge in [-0.25, -0.2) is 13.9 Å². The number of ether oxygens (including phenoxy) is 1. The van der Waals surface area contributed by atoms with Crippen molar-refractivity contribution in [3.63, 3.8) is 0 Å². The topological polar surface area (TPSA) is 149 Å². The zero-order valence-electron chi connectivity index (χ0n) is 17.0. The normalized spacial score (nSPS) is 24.8. The van der Waals surface area contributed by atoms with E-state index < -0.39 is 37.4 Å². The molecule has 1 aromatic carbocycles. The van der Waals surface area contributed by atoms with Crippen molar-refractivity contribution in [2.24, 2.45) is 0 Å². The number of nitrogens with zero attached hydrogens (tertiary/aromatic N) is 1. The van der Waals surface area contributed by atoms with Gasteiger partial charge in [-0.1, -0.05) is 11.6 Å². The van der Waals surface area contributed by atoms with Gasteiger partial charge in [0.2, 0.25) is 0 Å². The Labute approximate surface area is 185 Å². The standard InChI is InChI=1S/C17H18ClN2O9P.CH3F/c1-9-7-20(16(22)19-15(9)21)14-5-4-13(27-14)17(23,24)29-30(25)26-8-10-6-11(18)2-3-12(10)28-30;1-2/h2-3,6-7,13-14,23-24H,4-5,8H2,1H3,(H,19,21,22);1H3. The Morgan fingerprint density at radius 1 is 1.31 bits per heavy atom. The number of H-pyrrole nitrogens is 1. The summed E-state index contributed by atoms with van der Waals surface area (Å²) in [5.74, 6) is -2.86. The summed E-state index contributed by atoms with van der Waals surface area (Å²) in [6.07, 6.45) is -0.698. The summed E-state index contributed by atoms with van der Waals surface area (Å²) in [6, 6.07) is 4.52. The SMILES string of the molecule is CF.Cc1cn(C2CCC(C(O)(O)OP3(=O)OCc4cc(Cl)ccc4O3)O2)c(=O)[nH]c1=O. The predicted molar refractivity (Wildman–Crippen MR) is 109 cm³/mol. The number of aliphatic hydroxyl groups is 2. The van der Waals surface area contributed by atoms with Crippen LogP contribution in [-0.2, 0) is 25.0 Å². The van der Waals surface area contributed by atoms with Crippen molar-refractivity contribution in [2.75, 3.05) is 7.18 Å². The molecule has 14 heteroatoms. The maximum atomic E-state index is 12.8. The number of alkyl halides is 1. The van der Waals surface area contributed by atoms with Crippen LogP contribution >= 0.6 is 19.4 Å². The van der Waals surface area contributed by atoms with Crippen molar-refractivity contribution in [3.8, 4) is 5.75 Å². The first-order valence-corrected chi connectivity index (χ1v) is 11.1. The second-order valence-corrected chi connectivity index (χ2v) is 8.90. The fourth-order valence-corrected chi connectivity index (χ4v) is 4.71. The quantitative estimate of drug-likeness (QED) is 0.429. The summed E-state index contributed by atoms with van der Waals surface area (Å²) < 4.78 is 44.1. The average molecular weight is 495 g/mol. The van der Waals surface area contributed by atoms with Crippen molar-refractivity contribution in [3.05, 3.63) is 61.4 Å². The lowest BCUT2D eigenvalue weighted by atomic mass is 10.2. The number of fused-ring (bicyclic) bond motifs is 1. The van der Waals surface area contributed by atoms with Crippen LogP contribution in [0.1, 0.15) is 30.2 Å². The number of benzene rings is 1. The Bertz CT molecular complexity index is 1150. The van der Waals surface area contributed by atoms with E-state index in [0.29, 0.717) is 17.8 Å². The number of nitrogens with one attached hydrogen (secondary N) is 1. The molecule has 0 radical (unpaired) electrons. The second-order valence-electron chi connectivity index (χ2n) is 6.95. The molecule has 1 saturated heterocycles. The molecule has 1 aromatic heterocycles. The molecule has 3 heterocycles. The number of aromatic amines is 1. The lowest BCUT2D eigenvalue weighted by Crippen LogP contribution is -2.45. The highest BCUT2D eigenvalue weighted by atomic mass is 35.5. The molecule has 1 fully saturated rings. The Morgan fingerprint density at radius 3 is 2.75 bits per heavy atom. The molecule has 2 aliphatic rings. The van der Waals surface area contributed by atoms with Crippen LogP contribution < -0.4 is 15.8 Å². The molecule has 0 amide bonds. The molecule has 2 aliphatic heterocycles. The van der Waals surface area contributed by atoms with E-state index in [2.05, 4.69) is 4.98 Å². The molecule has 0 saturated carbocycles. The maximum absolute atomic E-state index is 12.8. The molecule has 0 spiro atoms. The lowest BCUT2D eigenvalue weighted by Gasteiger charge is -2.32. The molecule has 3 unspecified atom stereocenters. The summed E-state index contributed by atoms with van der Waals surface area (Å²) in [5, 5.41) is 21.2. The molecule has 176 valence electrons. The summed E-state index contributed by atoms with van der Waals surface area (Å²) in [6.45, 7) is 1.34. The zero-order valence-corrected chi connectivity index (χ0v) is 18.6. The van der Waals surface area contributed by atoms with Crippen LogP contribution in [0.4, 0.5) is 4.39 Å². The fourth-order valence-electron chi connectivity index (χ4n) is 3.21. The third-order valence-electron chi connectivity index (χ3n) is 4.73. The van der Waals surface area contributed by atoms with E-state index in [1.807, 2.05) is 0 Å². The molecule has 3 N–H and O–H groups in total. The minimum Gasteiger partial charge on any atom is -0.404 e. The van der Waals surface area contributed by atoms with Crippen LogP contribution in [0, 0.1) is 6.92 Å². The largest absolute Gasteiger partial charge is 0.534 e. The molecule has 4 rings (SSSR count). The highest BCUT2D eigenvalue weighted by Crippen LogP contribution is 2.57. The summed E-state index contributed by atoms with van der Waals surface area (Å²) in [4.78, 5) is 25.7. The van der Waals surface area contributed by atoms with Gasteiger partial charge in [-0.15, -0.1) is 0 Å². The monoisotopic (exact) mass is 494 g/mol. The number of aryl methyl sites for hydroxylation is 1. The molecule has 0 aliphatic carbocycles. The zero-order chi connectivity index (χ0) is 23.7. The van der Waals surface area contributed by atoms with Crippen molar-refractivity contribution in [1.29, 1.82) is 0 Å². The van der Waals surface area contributed by atoms with Gasteiger partial charge in [0.05, 0.1) is 13.8 Å². The van der Waals surface area contributed by atoms with Gasteiger partial charge in [-0.05, 0) is 38.0 Å². The Balaban J connectivity index is 0.00000141. The van der Waals surface area contributed by atoms with Gasteiger partial charge in [0.15, 0.2) is 0 Å². The maximum Gasteiger partial charge on any atom is 0.534 e. The van der Waals surface area contributed by atoms with Crippen LogP contribution in [0.2, 0.25) is 5.02 Å². The molecule has 11 nitrogen and oxygen atoms in total. The lowest BCUT2D eigenvalue weighted by molar-refractivity contribution is -0.349. The van der Waals surface area contributed by atoms with E-state index in [4.69, 9.17) is 29.9 Å². The first kappa shape index (κ1) is 24.6. The molecule has 0 bridgehead atoms. The van der Waals surface area contributed by atoms with Crippen LogP contribution in [0.3, 0.4) is 0 Å². The van der Waals surface area contributed by atoms with Crippen molar-refractivity contribution >= 4 is 19.4 Å². The van der Waals surface area contributed by atoms with Crippen LogP contribution in [-0.4, -0.2) is 39.0 Å². The Morgan fingerprint density at radius 2 is 2.03 bits per heavy atom. The molecular weight excluding hydrogens is 474 g/mol. The summed E-state index contributed by atoms with van der Waals surface area (Å²) in [7, 11) is -3.89. The number of halogens is 2. The van der Waals surface area contributed by atoms with Crippen LogP contribution in [0.15, 0.2) is 34.0 Å². The van der Waals surface area contributed by atoms with Gasteiger partial charge in [-0.3, -0.25) is 23.3 Å². The first-order valence-electron chi connectivity index (χ1n) is 9.30. The van der Waals surface area contributed by atoms with Gasteiger partial charge >= 0.3 is 19.5 Å². The third-order valence-corrected chi connectivity index (χ3v) is 6.32. The molecule has 32 heavy (non-hydrogen) atoms. The van der Waals surface area contributed by atoms with Crippen LogP contribution in [0.5, 0.6) is 5.75 Å². The minimum absolute atomic E-state index is 0.0501. The van der Waals surface area contributed by atoms with Crippen molar-refractivity contribution in [2.45, 2.75) is 44.7 Å². The van der Waals surface area contributed by atoms with Gasteiger partial charge < -0.3 is 19.5 Å². The smallest absolute Gasteiger partial charge is 0.404 e. The summed E-state index contributed by atoms with van der Waals surface area (Å²) in [5.41, 5.74) is -0.437. The molecule has 3 atom stereocenters. The van der Waals surface area contributed by atoms with Crippen LogP contribution in [0.25, 0.3) is 0 Å². The van der Waals surface area contributed by atoms with E-state index >= 15 is 0 Å². The third kappa shape index (κ3) is 5.12. The second kappa shape index (κ2) is 9.44. The van der Waals surface area contributed by atoms with E-state index in [0.717, 1.165) is 4.57 Å². The van der Waals surface area contributed by atoms with E-state index in [9.17, 15) is 28.8 Å². The van der Waals surface area contributed by atoms with E-state index in [-0.39, 0.29) is 30.8 Å². The van der Waals surface area contributed by atoms with Crippen molar-refractivity contribution < 1.29 is 37.5 Å². The Hall–Kier alpha value is -2.05. The average Bonchev–Trinajstić information content (AvgIpc) is 3.23. The van der Waals surface area contributed by atoms with Gasteiger partial charge in [0.1, 0.15) is 18.1 Å². The number of hydrogen-bond donors (Lipinski definition) is 3. The van der Waals surface area contributed by atoms with E-state index in [1.165, 1.54) is 25.3 Å². The minimum atomic E-state index is -4.39. The van der Waals surface area contributed by atoms with Crippen molar-refractivity contribution in [1.82, 2.24) is 9.55 Å². The fraction of sp³-hybridized carbons (Fsp3) is 0.444. The highest BCUT2D eigenvalue weighted by Gasteiger charge is 2.50. The van der Waals surface area contributed by atoms with Gasteiger partial charge in [0.25, 0.3) is 5.56 Å². The summed E-state index contributed by atoms with van der Waals surface area (Å²) >= 11 is 5.88. The Kier molecular flexibility index (Phi) is 7.25. The number of phosphoric ester groups is 1. The predicted octanol–water partition coefficient (Wildman–Crippen LogP) is 2.13. The molecular formula is C18H21ClFN2O9P. The number of phosphoric acid groups is 1.